The molecule has 16 heavy (non-hydrogen) atoms. The first-order valence-corrected chi connectivity index (χ1v) is 5.81. The summed E-state index contributed by atoms with van der Waals surface area (Å²) in [5.74, 6) is 0. The maximum Gasteiger partial charge on any atom is 0.150 e. The SMILES string of the molecule is CCc1c2cccccc-2c(CC)c1C=O. The van der Waals surface area contributed by atoms with Crippen LogP contribution in [0.3, 0.4) is 0 Å². The molecule has 0 atom stereocenters. The van der Waals surface area contributed by atoms with E-state index in [4.69, 9.17) is 0 Å². The summed E-state index contributed by atoms with van der Waals surface area (Å²) in [6.45, 7) is 4.21. The normalized spacial score (nSPS) is 10.6. The van der Waals surface area contributed by atoms with Gasteiger partial charge < -0.3 is 0 Å². The first-order chi connectivity index (χ1) is 7.83. The molecule has 0 spiro atoms. The zero-order valence-corrected chi connectivity index (χ0v) is 9.79. The second-order valence-electron chi connectivity index (χ2n) is 3.93. The minimum atomic E-state index is 0.909. The molecule has 0 radical (unpaired) electrons. The second kappa shape index (κ2) is 4.48. The molecule has 2 aliphatic rings. The molecule has 0 unspecified atom stereocenters. The van der Waals surface area contributed by atoms with Crippen LogP contribution >= 0.6 is 0 Å². The minimum Gasteiger partial charge on any atom is -0.298 e. The van der Waals surface area contributed by atoms with Crippen LogP contribution in [0.5, 0.6) is 0 Å². The van der Waals surface area contributed by atoms with Crippen LogP contribution < -0.4 is 0 Å². The number of carbonyl (C=O) groups is 1. The van der Waals surface area contributed by atoms with Crippen molar-refractivity contribution in [2.75, 3.05) is 0 Å². The van der Waals surface area contributed by atoms with E-state index in [0.29, 0.717) is 0 Å². The van der Waals surface area contributed by atoms with Crippen molar-refractivity contribution in [3.8, 4) is 11.1 Å². The number of rotatable bonds is 3. The average molecular weight is 212 g/mol. The lowest BCUT2D eigenvalue weighted by Gasteiger charge is -1.97. The highest BCUT2D eigenvalue weighted by Crippen LogP contribution is 2.36. The third kappa shape index (κ3) is 1.53. The van der Waals surface area contributed by atoms with Crippen LogP contribution in [-0.4, -0.2) is 6.29 Å². The van der Waals surface area contributed by atoms with Gasteiger partial charge in [0.15, 0.2) is 6.29 Å². The van der Waals surface area contributed by atoms with Crippen LogP contribution in [0.25, 0.3) is 11.1 Å². The molecule has 82 valence electrons. The summed E-state index contributed by atoms with van der Waals surface area (Å²) in [5, 5.41) is 0. The van der Waals surface area contributed by atoms with Crippen LogP contribution in [0.4, 0.5) is 0 Å². The van der Waals surface area contributed by atoms with E-state index < -0.39 is 0 Å². The lowest BCUT2D eigenvalue weighted by molar-refractivity contribution is 0.112. The smallest absolute Gasteiger partial charge is 0.150 e. The lowest BCUT2D eigenvalue weighted by Crippen LogP contribution is -1.89. The van der Waals surface area contributed by atoms with Gasteiger partial charge in [-0.3, -0.25) is 4.79 Å². The summed E-state index contributed by atoms with van der Waals surface area (Å²) in [5.41, 5.74) is 5.75. The molecule has 1 nitrogen and oxygen atoms in total. The molecule has 0 aromatic heterocycles. The van der Waals surface area contributed by atoms with Gasteiger partial charge in [0.25, 0.3) is 0 Å². The van der Waals surface area contributed by atoms with E-state index in [1.54, 1.807) is 0 Å². The Balaban J connectivity index is 2.83. The van der Waals surface area contributed by atoms with Crippen molar-refractivity contribution >= 4 is 6.29 Å². The molecule has 1 heteroatoms. The van der Waals surface area contributed by atoms with Gasteiger partial charge in [-0.2, -0.15) is 0 Å². The number of aldehydes is 1. The Labute approximate surface area is 96.5 Å². The zero-order valence-electron chi connectivity index (χ0n) is 9.79. The third-order valence-electron chi connectivity index (χ3n) is 3.16. The van der Waals surface area contributed by atoms with Gasteiger partial charge in [-0.1, -0.05) is 44.2 Å². The third-order valence-corrected chi connectivity index (χ3v) is 3.16. The standard InChI is InChI=1S/C15H16O/c1-3-11-13-8-6-5-7-9-14(13)12(4-2)15(11)10-16/h5-10H,3-4H2,1-2H3. The number of hydrogen-bond acceptors (Lipinski definition) is 1. The highest BCUT2D eigenvalue weighted by atomic mass is 16.1. The van der Waals surface area contributed by atoms with Crippen molar-refractivity contribution in [3.63, 3.8) is 0 Å². The highest BCUT2D eigenvalue weighted by molar-refractivity contribution is 5.92. The molecule has 0 aromatic carbocycles. The molecule has 0 amide bonds. The maximum absolute atomic E-state index is 11.2. The van der Waals surface area contributed by atoms with Crippen molar-refractivity contribution < 1.29 is 4.79 Å². The van der Waals surface area contributed by atoms with Crippen LogP contribution in [0.1, 0.15) is 35.3 Å². The van der Waals surface area contributed by atoms with Crippen LogP contribution in [-0.2, 0) is 12.8 Å². The Bertz CT molecular complexity index is 447. The fourth-order valence-corrected chi connectivity index (χ4v) is 2.45. The van der Waals surface area contributed by atoms with Crippen LogP contribution in [0.2, 0.25) is 0 Å². The first-order valence-electron chi connectivity index (χ1n) is 5.81. The molecule has 0 saturated heterocycles. The maximum atomic E-state index is 11.2. The van der Waals surface area contributed by atoms with E-state index in [9.17, 15) is 4.79 Å². The molecule has 2 aliphatic carbocycles. The van der Waals surface area contributed by atoms with Gasteiger partial charge >= 0.3 is 0 Å². The number of hydrogen-bond donors (Lipinski definition) is 0. The Morgan fingerprint density at radius 3 is 1.81 bits per heavy atom. The van der Waals surface area contributed by atoms with E-state index in [0.717, 1.165) is 24.7 Å². The van der Waals surface area contributed by atoms with Gasteiger partial charge in [0.2, 0.25) is 0 Å². The summed E-state index contributed by atoms with van der Waals surface area (Å²) in [7, 11) is 0. The van der Waals surface area contributed by atoms with Crippen LogP contribution in [0, 0.1) is 0 Å². The molecule has 0 aliphatic heterocycles. The van der Waals surface area contributed by atoms with Crippen molar-refractivity contribution in [2.24, 2.45) is 0 Å². The Morgan fingerprint density at radius 2 is 1.44 bits per heavy atom. The summed E-state index contributed by atoms with van der Waals surface area (Å²) in [6.07, 6.45) is 2.83. The van der Waals surface area contributed by atoms with Crippen molar-refractivity contribution in [1.82, 2.24) is 0 Å². The fraction of sp³-hybridized carbons (Fsp3) is 0.267. The van der Waals surface area contributed by atoms with Gasteiger partial charge in [0.05, 0.1) is 0 Å². The quantitative estimate of drug-likeness (QED) is 0.708. The van der Waals surface area contributed by atoms with E-state index >= 15 is 0 Å². The first kappa shape index (κ1) is 10.9. The predicted molar refractivity (Wildman–Crippen MR) is 67.2 cm³/mol. The summed E-state index contributed by atoms with van der Waals surface area (Å²) in [4.78, 5) is 11.2. The Kier molecular flexibility index (Phi) is 3.04. The van der Waals surface area contributed by atoms with E-state index in [1.165, 1.54) is 22.3 Å². The molecule has 0 N–H and O–H groups in total. The van der Waals surface area contributed by atoms with Gasteiger partial charge in [0.1, 0.15) is 0 Å². The average Bonchev–Trinajstić information content (AvgIpc) is 2.46. The zero-order chi connectivity index (χ0) is 11.5. The summed E-state index contributed by atoms with van der Waals surface area (Å²) < 4.78 is 0. The highest BCUT2D eigenvalue weighted by Gasteiger charge is 2.18. The number of fused-ring (bicyclic) bond motifs is 1. The van der Waals surface area contributed by atoms with Gasteiger partial charge in [-0.25, -0.2) is 0 Å². The fourth-order valence-electron chi connectivity index (χ4n) is 2.45. The Morgan fingerprint density at radius 1 is 0.938 bits per heavy atom. The lowest BCUT2D eigenvalue weighted by atomic mass is 10.1. The Hall–Kier alpha value is -1.63. The molecule has 0 fully saturated rings. The molecule has 2 rings (SSSR count). The topological polar surface area (TPSA) is 17.1 Å². The molecular weight excluding hydrogens is 196 g/mol. The molecule has 0 bridgehead atoms. The largest absolute Gasteiger partial charge is 0.298 e. The van der Waals surface area contributed by atoms with Crippen LogP contribution in [0.15, 0.2) is 30.3 Å². The van der Waals surface area contributed by atoms with Crippen molar-refractivity contribution in [1.29, 1.82) is 0 Å². The van der Waals surface area contributed by atoms with Crippen molar-refractivity contribution in [3.05, 3.63) is 47.0 Å². The van der Waals surface area contributed by atoms with E-state index in [-0.39, 0.29) is 0 Å². The molecule has 0 saturated carbocycles. The van der Waals surface area contributed by atoms with Crippen molar-refractivity contribution in [2.45, 2.75) is 26.7 Å². The predicted octanol–water partition coefficient (Wildman–Crippen LogP) is 3.73. The molecule has 0 aromatic rings. The molecule has 0 heterocycles. The van der Waals surface area contributed by atoms with Gasteiger partial charge in [-0.05, 0) is 35.1 Å². The van der Waals surface area contributed by atoms with E-state index in [2.05, 4.69) is 26.0 Å². The van der Waals surface area contributed by atoms with Gasteiger partial charge in [-0.15, -0.1) is 0 Å². The number of carbonyl (C=O) groups excluding carboxylic acids is 1. The summed E-state index contributed by atoms with van der Waals surface area (Å²) in [6, 6.07) is 10.3. The monoisotopic (exact) mass is 212 g/mol. The van der Waals surface area contributed by atoms with Gasteiger partial charge in [0, 0.05) is 5.56 Å². The molecular formula is C15H16O. The second-order valence-corrected chi connectivity index (χ2v) is 3.93. The summed E-state index contributed by atoms with van der Waals surface area (Å²) >= 11 is 0. The van der Waals surface area contributed by atoms with E-state index in [1.807, 2.05) is 18.2 Å². The minimum absolute atomic E-state index is 0.909.